The fourth-order valence-electron chi connectivity index (χ4n) is 0.865. The minimum absolute atomic E-state index is 0.770. The first-order valence-corrected chi connectivity index (χ1v) is 3.44. The normalized spacial score (nSPS) is 9.79. The van der Waals surface area contributed by atoms with Crippen LogP contribution in [-0.4, -0.2) is 33.4 Å². The molecular weight excluding hydrogens is 194 g/mol. The SMILES string of the molecule is COC(=O)c1c(O)c(O)[nH]c(=O)c1O. The number of pyridine rings is 1. The quantitative estimate of drug-likeness (QED) is 0.445. The smallest absolute Gasteiger partial charge is 0.345 e. The average molecular weight is 201 g/mol. The van der Waals surface area contributed by atoms with Crippen molar-refractivity contribution < 1.29 is 24.9 Å². The molecule has 0 atom stereocenters. The fourth-order valence-corrected chi connectivity index (χ4v) is 0.865. The zero-order valence-electron chi connectivity index (χ0n) is 7.07. The van der Waals surface area contributed by atoms with Crippen molar-refractivity contribution in [2.75, 3.05) is 7.11 Å². The van der Waals surface area contributed by atoms with Crippen LogP contribution in [0.4, 0.5) is 0 Å². The third kappa shape index (κ3) is 1.35. The van der Waals surface area contributed by atoms with Gasteiger partial charge in [0.2, 0.25) is 5.88 Å². The molecule has 0 aliphatic rings. The van der Waals surface area contributed by atoms with Gasteiger partial charge in [-0.3, -0.25) is 9.78 Å². The zero-order chi connectivity index (χ0) is 10.9. The van der Waals surface area contributed by atoms with Crippen LogP contribution in [0.25, 0.3) is 0 Å². The maximum Gasteiger partial charge on any atom is 0.345 e. The zero-order valence-corrected chi connectivity index (χ0v) is 7.07. The van der Waals surface area contributed by atoms with Crippen molar-refractivity contribution >= 4 is 5.97 Å². The van der Waals surface area contributed by atoms with E-state index in [0.29, 0.717) is 0 Å². The topological polar surface area (TPSA) is 120 Å². The third-order valence-corrected chi connectivity index (χ3v) is 1.53. The molecule has 0 spiro atoms. The summed E-state index contributed by atoms with van der Waals surface area (Å²) in [7, 11) is 0.999. The Labute approximate surface area is 77.2 Å². The molecule has 76 valence electrons. The predicted octanol–water partition coefficient (Wildman–Crippen LogP) is -0.722. The molecule has 1 aromatic rings. The molecule has 4 N–H and O–H groups in total. The Kier molecular flexibility index (Phi) is 2.32. The molecule has 0 saturated heterocycles. The summed E-state index contributed by atoms with van der Waals surface area (Å²) in [5.41, 5.74) is -1.87. The summed E-state index contributed by atoms with van der Waals surface area (Å²) in [6, 6.07) is 0. The van der Waals surface area contributed by atoms with Gasteiger partial charge in [0.1, 0.15) is 0 Å². The molecule has 0 radical (unpaired) electrons. The Morgan fingerprint density at radius 1 is 1.29 bits per heavy atom. The molecule has 0 aliphatic carbocycles. The third-order valence-electron chi connectivity index (χ3n) is 1.53. The van der Waals surface area contributed by atoms with E-state index >= 15 is 0 Å². The van der Waals surface area contributed by atoms with Crippen molar-refractivity contribution in [3.05, 3.63) is 15.9 Å². The predicted molar refractivity (Wildman–Crippen MR) is 43.4 cm³/mol. The van der Waals surface area contributed by atoms with E-state index in [0.717, 1.165) is 7.11 Å². The second kappa shape index (κ2) is 3.29. The van der Waals surface area contributed by atoms with Gasteiger partial charge in [0.25, 0.3) is 5.56 Å². The van der Waals surface area contributed by atoms with Crippen LogP contribution in [0.15, 0.2) is 4.79 Å². The van der Waals surface area contributed by atoms with Crippen molar-refractivity contribution in [2.24, 2.45) is 0 Å². The van der Waals surface area contributed by atoms with Crippen LogP contribution in [-0.2, 0) is 4.74 Å². The maximum atomic E-state index is 11.0. The second-order valence-electron chi connectivity index (χ2n) is 2.37. The number of aromatic nitrogens is 1. The molecule has 1 heterocycles. The van der Waals surface area contributed by atoms with Gasteiger partial charge in [-0.25, -0.2) is 4.79 Å². The minimum Gasteiger partial charge on any atom is -0.502 e. The van der Waals surface area contributed by atoms with Gasteiger partial charge in [-0.05, 0) is 0 Å². The van der Waals surface area contributed by atoms with Crippen molar-refractivity contribution in [2.45, 2.75) is 0 Å². The van der Waals surface area contributed by atoms with Gasteiger partial charge < -0.3 is 20.1 Å². The molecular formula is C7H7NO6. The highest BCUT2D eigenvalue weighted by atomic mass is 16.5. The number of methoxy groups -OCH3 is 1. The van der Waals surface area contributed by atoms with Gasteiger partial charge in [-0.2, -0.15) is 0 Å². The summed E-state index contributed by atoms with van der Waals surface area (Å²) in [6.45, 7) is 0. The van der Waals surface area contributed by atoms with Crippen LogP contribution in [0.5, 0.6) is 17.4 Å². The van der Waals surface area contributed by atoms with Crippen molar-refractivity contribution in [3.8, 4) is 17.4 Å². The Bertz CT molecular complexity index is 435. The first-order valence-electron chi connectivity index (χ1n) is 3.44. The lowest BCUT2D eigenvalue weighted by atomic mass is 10.2. The number of carbonyl (C=O) groups excluding carboxylic acids is 1. The highest BCUT2D eigenvalue weighted by molar-refractivity contribution is 5.95. The second-order valence-corrected chi connectivity index (χ2v) is 2.37. The molecule has 0 fully saturated rings. The first kappa shape index (κ1) is 9.90. The van der Waals surface area contributed by atoms with Crippen molar-refractivity contribution in [3.63, 3.8) is 0 Å². The van der Waals surface area contributed by atoms with Gasteiger partial charge >= 0.3 is 5.97 Å². The molecule has 0 saturated carbocycles. The number of rotatable bonds is 1. The van der Waals surface area contributed by atoms with Crippen LogP contribution in [0, 0.1) is 0 Å². The summed E-state index contributed by atoms with van der Waals surface area (Å²) < 4.78 is 4.19. The lowest BCUT2D eigenvalue weighted by Crippen LogP contribution is -2.12. The van der Waals surface area contributed by atoms with Gasteiger partial charge in [0.15, 0.2) is 17.1 Å². The molecule has 0 unspecified atom stereocenters. The number of ether oxygens (including phenoxy) is 1. The summed E-state index contributed by atoms with van der Waals surface area (Å²) in [4.78, 5) is 23.5. The molecule has 1 aromatic heterocycles. The van der Waals surface area contributed by atoms with E-state index in [4.69, 9.17) is 15.3 Å². The lowest BCUT2D eigenvalue weighted by Gasteiger charge is -2.05. The van der Waals surface area contributed by atoms with Crippen LogP contribution >= 0.6 is 0 Å². The molecule has 0 bridgehead atoms. The summed E-state index contributed by atoms with van der Waals surface area (Å²) >= 11 is 0. The minimum atomic E-state index is -1.12. The van der Waals surface area contributed by atoms with Crippen molar-refractivity contribution in [1.82, 2.24) is 4.98 Å². The Morgan fingerprint density at radius 3 is 2.36 bits per heavy atom. The number of esters is 1. The largest absolute Gasteiger partial charge is 0.502 e. The van der Waals surface area contributed by atoms with Crippen molar-refractivity contribution in [1.29, 1.82) is 0 Å². The molecule has 1 rings (SSSR count). The maximum absolute atomic E-state index is 11.0. The fraction of sp³-hybridized carbons (Fsp3) is 0.143. The standard InChI is InChI=1S/C7H7NO6/c1-14-7(13)2-3(9)5(11)8-6(12)4(2)10/h9-10H,1H3,(H2,8,11,12). The van der Waals surface area contributed by atoms with Gasteiger partial charge in [-0.1, -0.05) is 0 Å². The molecule has 7 nitrogen and oxygen atoms in total. The van der Waals surface area contributed by atoms with Crippen LogP contribution in [0.1, 0.15) is 10.4 Å². The van der Waals surface area contributed by atoms with Gasteiger partial charge in [0.05, 0.1) is 7.11 Å². The van der Waals surface area contributed by atoms with Crippen LogP contribution < -0.4 is 5.56 Å². The summed E-state index contributed by atoms with van der Waals surface area (Å²) in [5, 5.41) is 27.1. The lowest BCUT2D eigenvalue weighted by molar-refractivity contribution is 0.0592. The summed E-state index contributed by atoms with van der Waals surface area (Å²) in [5.74, 6) is -3.98. The van der Waals surface area contributed by atoms with Crippen LogP contribution in [0.3, 0.4) is 0 Å². The molecule has 7 heteroatoms. The number of carbonyl (C=O) groups is 1. The van der Waals surface area contributed by atoms with E-state index in [2.05, 4.69) is 4.74 Å². The highest BCUT2D eigenvalue weighted by Crippen LogP contribution is 2.30. The Hall–Kier alpha value is -2.18. The monoisotopic (exact) mass is 201 g/mol. The summed E-state index contributed by atoms with van der Waals surface area (Å²) in [6.07, 6.45) is 0. The number of aromatic hydroxyl groups is 3. The average Bonchev–Trinajstić information content (AvgIpc) is 2.15. The first-order chi connectivity index (χ1) is 6.49. The van der Waals surface area contributed by atoms with E-state index in [1.807, 2.05) is 0 Å². The van der Waals surface area contributed by atoms with Gasteiger partial charge in [-0.15, -0.1) is 0 Å². The Balaban J connectivity index is 3.55. The van der Waals surface area contributed by atoms with Gasteiger partial charge in [0, 0.05) is 0 Å². The Morgan fingerprint density at radius 2 is 1.86 bits per heavy atom. The van der Waals surface area contributed by atoms with E-state index in [1.165, 1.54) is 0 Å². The number of nitrogens with one attached hydrogen (secondary N) is 1. The molecule has 0 aromatic carbocycles. The molecule has 0 aliphatic heterocycles. The van der Waals surface area contributed by atoms with E-state index in [9.17, 15) is 9.59 Å². The number of aromatic amines is 1. The number of H-pyrrole nitrogens is 1. The number of hydrogen-bond donors (Lipinski definition) is 4. The molecule has 14 heavy (non-hydrogen) atoms. The van der Waals surface area contributed by atoms with E-state index in [-0.39, 0.29) is 0 Å². The highest BCUT2D eigenvalue weighted by Gasteiger charge is 2.23. The van der Waals surface area contributed by atoms with Crippen LogP contribution in [0.2, 0.25) is 0 Å². The number of hydrogen-bond acceptors (Lipinski definition) is 6. The van der Waals surface area contributed by atoms with E-state index in [1.54, 1.807) is 4.98 Å². The van der Waals surface area contributed by atoms with E-state index < -0.39 is 34.5 Å². The molecule has 0 amide bonds.